The molecular formula is C16H26O6S. The standard InChI is InChI=1S/C16H26O6S/c1-5-15(2,3)14(17)21-7-6-20-13-12-10-8-16(13,4)9-11(10)23(18,19)22-12/h10-13H,5-9H2,1-4H3. The predicted molar refractivity (Wildman–Crippen MR) is 83.2 cm³/mol. The molecule has 1 saturated heterocycles. The number of ether oxygens (including phenoxy) is 2. The van der Waals surface area contributed by atoms with Crippen molar-refractivity contribution in [2.24, 2.45) is 16.7 Å². The molecule has 23 heavy (non-hydrogen) atoms. The first-order chi connectivity index (χ1) is 10.6. The lowest BCUT2D eigenvalue weighted by atomic mass is 9.82. The molecule has 3 fully saturated rings. The van der Waals surface area contributed by atoms with Crippen LogP contribution in [-0.2, 0) is 28.6 Å². The number of carbonyl (C=O) groups excluding carboxylic acids is 1. The lowest BCUT2D eigenvalue weighted by Gasteiger charge is -2.33. The van der Waals surface area contributed by atoms with Gasteiger partial charge in [-0.3, -0.25) is 8.98 Å². The van der Waals surface area contributed by atoms with E-state index < -0.39 is 15.5 Å². The topological polar surface area (TPSA) is 78.9 Å². The summed E-state index contributed by atoms with van der Waals surface area (Å²) in [7, 11) is -3.43. The fourth-order valence-electron chi connectivity index (χ4n) is 4.15. The molecule has 0 radical (unpaired) electrons. The normalized spacial score (nSPS) is 40.5. The number of hydrogen-bond acceptors (Lipinski definition) is 6. The summed E-state index contributed by atoms with van der Waals surface area (Å²) < 4.78 is 40.4. The number of esters is 1. The van der Waals surface area contributed by atoms with Crippen molar-refractivity contribution in [2.45, 2.75) is 64.4 Å². The van der Waals surface area contributed by atoms with Gasteiger partial charge in [0, 0.05) is 5.92 Å². The van der Waals surface area contributed by atoms with Gasteiger partial charge < -0.3 is 9.47 Å². The van der Waals surface area contributed by atoms with E-state index >= 15 is 0 Å². The first-order valence-electron chi connectivity index (χ1n) is 8.32. The van der Waals surface area contributed by atoms with E-state index in [1.54, 1.807) is 0 Å². The molecule has 0 spiro atoms. The highest BCUT2D eigenvalue weighted by atomic mass is 32.2. The van der Waals surface area contributed by atoms with E-state index in [-0.39, 0.29) is 48.0 Å². The number of carbonyl (C=O) groups is 1. The van der Waals surface area contributed by atoms with Crippen molar-refractivity contribution in [3.05, 3.63) is 0 Å². The molecule has 0 aromatic rings. The molecule has 0 aromatic heterocycles. The third kappa shape index (κ3) is 2.70. The Balaban J connectivity index is 1.54. The van der Waals surface area contributed by atoms with Crippen molar-refractivity contribution in [1.82, 2.24) is 0 Å². The summed E-state index contributed by atoms with van der Waals surface area (Å²) in [6.45, 7) is 8.17. The molecule has 3 aliphatic rings. The zero-order valence-electron chi connectivity index (χ0n) is 14.2. The van der Waals surface area contributed by atoms with E-state index in [2.05, 4.69) is 6.92 Å². The number of hydrogen-bond donors (Lipinski definition) is 0. The fraction of sp³-hybridized carbons (Fsp3) is 0.938. The molecule has 0 aromatic carbocycles. The third-order valence-corrected chi connectivity index (χ3v) is 7.67. The molecule has 2 aliphatic carbocycles. The van der Waals surface area contributed by atoms with E-state index in [1.807, 2.05) is 20.8 Å². The average molecular weight is 346 g/mol. The molecule has 132 valence electrons. The van der Waals surface area contributed by atoms with Gasteiger partial charge in [0.25, 0.3) is 10.1 Å². The maximum Gasteiger partial charge on any atom is 0.311 e. The van der Waals surface area contributed by atoms with E-state index in [1.165, 1.54) is 0 Å². The van der Waals surface area contributed by atoms with Crippen molar-refractivity contribution >= 4 is 16.1 Å². The quantitative estimate of drug-likeness (QED) is 0.415. The van der Waals surface area contributed by atoms with Gasteiger partial charge in [0.15, 0.2) is 0 Å². The lowest BCUT2D eigenvalue weighted by molar-refractivity contribution is -0.158. The number of rotatable bonds is 6. The highest BCUT2D eigenvalue weighted by Gasteiger charge is 2.69. The van der Waals surface area contributed by atoms with Gasteiger partial charge in [-0.15, -0.1) is 0 Å². The molecule has 2 saturated carbocycles. The Hall–Kier alpha value is -0.660. The SMILES string of the molecule is CCC(C)(C)C(=O)OCCOC1C2OS(=O)(=O)C3CC1(C)CC23. The van der Waals surface area contributed by atoms with Crippen molar-refractivity contribution in [3.63, 3.8) is 0 Å². The Kier molecular flexibility index (Phi) is 4.05. The molecule has 0 N–H and O–H groups in total. The Morgan fingerprint density at radius 2 is 2.00 bits per heavy atom. The van der Waals surface area contributed by atoms with Crippen molar-refractivity contribution in [1.29, 1.82) is 0 Å². The fourth-order valence-corrected chi connectivity index (χ4v) is 6.11. The van der Waals surface area contributed by atoms with Crippen LogP contribution < -0.4 is 0 Å². The van der Waals surface area contributed by atoms with Crippen LogP contribution in [0.5, 0.6) is 0 Å². The summed E-state index contributed by atoms with van der Waals surface area (Å²) >= 11 is 0. The largest absolute Gasteiger partial charge is 0.463 e. The van der Waals surface area contributed by atoms with Crippen LogP contribution in [0.3, 0.4) is 0 Å². The minimum Gasteiger partial charge on any atom is -0.463 e. The van der Waals surface area contributed by atoms with E-state index in [9.17, 15) is 13.2 Å². The van der Waals surface area contributed by atoms with Gasteiger partial charge in [-0.05, 0) is 38.5 Å². The zero-order valence-corrected chi connectivity index (χ0v) is 15.0. The van der Waals surface area contributed by atoms with Gasteiger partial charge in [0.2, 0.25) is 0 Å². The molecule has 1 heterocycles. The van der Waals surface area contributed by atoms with Crippen LogP contribution in [-0.4, -0.2) is 45.1 Å². The van der Waals surface area contributed by atoms with Crippen LogP contribution in [0, 0.1) is 16.7 Å². The zero-order chi connectivity index (χ0) is 17.0. The first-order valence-corrected chi connectivity index (χ1v) is 9.79. The average Bonchev–Trinajstić information content (AvgIpc) is 3.00. The van der Waals surface area contributed by atoms with Crippen LogP contribution in [0.4, 0.5) is 0 Å². The first kappa shape index (κ1) is 17.2. The molecular weight excluding hydrogens is 320 g/mol. The second-order valence-electron chi connectivity index (χ2n) is 7.98. The second-order valence-corrected chi connectivity index (χ2v) is 9.77. The van der Waals surface area contributed by atoms with Crippen molar-refractivity contribution in [3.8, 4) is 0 Å². The Morgan fingerprint density at radius 1 is 1.30 bits per heavy atom. The van der Waals surface area contributed by atoms with Crippen LogP contribution in [0.15, 0.2) is 0 Å². The predicted octanol–water partition coefficient (Wildman–Crippen LogP) is 1.88. The van der Waals surface area contributed by atoms with Crippen LogP contribution in [0.2, 0.25) is 0 Å². The van der Waals surface area contributed by atoms with E-state index in [0.29, 0.717) is 12.8 Å². The van der Waals surface area contributed by atoms with Gasteiger partial charge >= 0.3 is 5.97 Å². The smallest absolute Gasteiger partial charge is 0.311 e. The Morgan fingerprint density at radius 3 is 2.65 bits per heavy atom. The monoisotopic (exact) mass is 346 g/mol. The minimum atomic E-state index is -3.43. The van der Waals surface area contributed by atoms with Crippen LogP contribution in [0.25, 0.3) is 0 Å². The molecule has 2 bridgehead atoms. The van der Waals surface area contributed by atoms with Crippen molar-refractivity contribution in [2.75, 3.05) is 13.2 Å². The summed E-state index contributed by atoms with van der Waals surface area (Å²) in [5, 5.41) is -0.361. The lowest BCUT2D eigenvalue weighted by Crippen LogP contribution is -2.41. The molecule has 0 amide bonds. The van der Waals surface area contributed by atoms with Gasteiger partial charge in [-0.2, -0.15) is 8.42 Å². The minimum absolute atomic E-state index is 0.0524. The molecule has 3 rings (SSSR count). The Labute approximate surface area is 138 Å². The van der Waals surface area contributed by atoms with Gasteiger partial charge in [-0.1, -0.05) is 13.8 Å². The summed E-state index contributed by atoms with van der Waals surface area (Å²) in [4.78, 5) is 11.9. The summed E-state index contributed by atoms with van der Waals surface area (Å²) in [5.41, 5.74) is -0.648. The molecule has 1 aliphatic heterocycles. The van der Waals surface area contributed by atoms with Gasteiger partial charge in [0.05, 0.1) is 23.4 Å². The molecule has 5 unspecified atom stereocenters. The van der Waals surface area contributed by atoms with Crippen LogP contribution in [0.1, 0.15) is 47.0 Å². The van der Waals surface area contributed by atoms with E-state index in [4.69, 9.17) is 13.7 Å². The molecule has 6 nitrogen and oxygen atoms in total. The maximum atomic E-state index is 12.0. The van der Waals surface area contributed by atoms with Gasteiger partial charge in [0.1, 0.15) is 12.7 Å². The molecule has 7 heteroatoms. The van der Waals surface area contributed by atoms with Gasteiger partial charge in [-0.25, -0.2) is 0 Å². The summed E-state index contributed by atoms with van der Waals surface area (Å²) in [6, 6.07) is 0. The maximum absolute atomic E-state index is 12.0. The summed E-state index contributed by atoms with van der Waals surface area (Å²) in [5.74, 6) is -0.181. The second kappa shape index (κ2) is 5.43. The third-order valence-electron chi connectivity index (χ3n) is 5.92. The van der Waals surface area contributed by atoms with Crippen LogP contribution >= 0.6 is 0 Å². The number of fused-ring (bicyclic) bond motifs is 1. The highest BCUT2D eigenvalue weighted by molar-refractivity contribution is 7.87. The van der Waals surface area contributed by atoms with Crippen molar-refractivity contribution < 1.29 is 26.9 Å². The summed E-state index contributed by atoms with van der Waals surface area (Å²) in [6.07, 6.45) is 1.54. The van der Waals surface area contributed by atoms with E-state index in [0.717, 1.165) is 6.42 Å². The highest BCUT2D eigenvalue weighted by Crippen LogP contribution is 2.61. The molecule has 5 atom stereocenters. The Bertz CT molecular complexity index is 598.